The number of carbonyl (C=O) groups is 1. The van der Waals surface area contributed by atoms with E-state index in [4.69, 9.17) is 4.74 Å². The van der Waals surface area contributed by atoms with Crippen molar-refractivity contribution in [1.29, 1.82) is 0 Å². The van der Waals surface area contributed by atoms with Crippen molar-refractivity contribution < 1.29 is 9.53 Å². The minimum Gasteiger partial charge on any atom is -0.402 e. The molecule has 1 amide bonds. The van der Waals surface area contributed by atoms with Crippen molar-refractivity contribution in [3.05, 3.63) is 30.8 Å². The molecule has 0 aromatic carbocycles. The summed E-state index contributed by atoms with van der Waals surface area (Å²) in [5.41, 5.74) is 0.280. The number of aryl methyl sites for hydroxylation is 1. The fourth-order valence-corrected chi connectivity index (χ4v) is 0.986. The highest BCUT2D eigenvalue weighted by molar-refractivity contribution is 5.83. The van der Waals surface area contributed by atoms with Crippen LogP contribution in [0.5, 0.6) is 0 Å². The van der Waals surface area contributed by atoms with Crippen LogP contribution in [0.3, 0.4) is 0 Å². The summed E-state index contributed by atoms with van der Waals surface area (Å²) in [7, 11) is 0. The Labute approximate surface area is 89.7 Å². The normalized spacial score (nSPS) is 10.9. The first-order valence-corrected chi connectivity index (χ1v) is 4.65. The molecule has 0 spiro atoms. The van der Waals surface area contributed by atoms with E-state index in [9.17, 15) is 4.79 Å². The van der Waals surface area contributed by atoms with Gasteiger partial charge in [-0.15, -0.1) is 0 Å². The largest absolute Gasteiger partial charge is 0.416 e. The van der Waals surface area contributed by atoms with Crippen LogP contribution in [0.1, 0.15) is 19.4 Å². The Morgan fingerprint density at radius 3 is 2.80 bits per heavy atom. The SMILES string of the molecule is [CH2+]C(C)(C)OC(=O)Nc1cc(C)ccn1. The first-order chi connectivity index (χ1) is 6.87. The Balaban J connectivity index is 2.59. The van der Waals surface area contributed by atoms with Crippen molar-refractivity contribution >= 4 is 11.9 Å². The Hall–Kier alpha value is -1.71. The summed E-state index contributed by atoms with van der Waals surface area (Å²) < 4.78 is 4.98. The lowest BCUT2D eigenvalue weighted by molar-refractivity contribution is 0.0821. The zero-order valence-corrected chi connectivity index (χ0v) is 9.20. The predicted octanol–water partition coefficient (Wildman–Crippen LogP) is 2.55. The lowest BCUT2D eigenvalue weighted by Gasteiger charge is -2.13. The van der Waals surface area contributed by atoms with Crippen LogP contribution in [-0.4, -0.2) is 16.7 Å². The van der Waals surface area contributed by atoms with E-state index < -0.39 is 11.7 Å². The average molecular weight is 207 g/mol. The van der Waals surface area contributed by atoms with E-state index in [0.29, 0.717) is 5.82 Å². The third-order valence-electron chi connectivity index (χ3n) is 1.51. The maximum absolute atomic E-state index is 11.3. The van der Waals surface area contributed by atoms with E-state index in [0.717, 1.165) is 5.56 Å². The molecule has 1 aromatic heterocycles. The first-order valence-electron chi connectivity index (χ1n) is 4.65. The van der Waals surface area contributed by atoms with Crippen LogP contribution in [0.15, 0.2) is 18.3 Å². The number of pyridine rings is 1. The molecule has 0 radical (unpaired) electrons. The highest BCUT2D eigenvalue weighted by atomic mass is 16.6. The number of amides is 1. The molecule has 0 unspecified atom stereocenters. The molecule has 80 valence electrons. The molecule has 0 fully saturated rings. The van der Waals surface area contributed by atoms with Gasteiger partial charge in [-0.05, 0) is 24.6 Å². The summed E-state index contributed by atoms with van der Waals surface area (Å²) in [4.78, 5) is 15.3. The molecular formula is C11H15N2O2+. The van der Waals surface area contributed by atoms with E-state index in [1.807, 2.05) is 13.0 Å². The molecule has 4 heteroatoms. The molecule has 1 heterocycles. The topological polar surface area (TPSA) is 51.2 Å². The van der Waals surface area contributed by atoms with Crippen molar-refractivity contribution in [3.63, 3.8) is 0 Å². The Bertz CT molecular complexity index is 356. The number of hydrogen-bond donors (Lipinski definition) is 1. The van der Waals surface area contributed by atoms with Crippen LogP contribution >= 0.6 is 0 Å². The Morgan fingerprint density at radius 2 is 2.27 bits per heavy atom. The van der Waals surface area contributed by atoms with Crippen molar-refractivity contribution in [2.45, 2.75) is 26.4 Å². The number of aromatic nitrogens is 1. The van der Waals surface area contributed by atoms with Gasteiger partial charge in [0.15, 0.2) is 0 Å². The summed E-state index contributed by atoms with van der Waals surface area (Å²) in [6.07, 6.45) is 1.08. The molecule has 0 aliphatic rings. The number of ether oxygens (including phenoxy) is 1. The molecule has 0 bridgehead atoms. The number of hydrogen-bond acceptors (Lipinski definition) is 3. The van der Waals surface area contributed by atoms with Gasteiger partial charge >= 0.3 is 6.09 Å². The maximum atomic E-state index is 11.3. The van der Waals surface area contributed by atoms with Crippen molar-refractivity contribution in [1.82, 2.24) is 4.98 Å². The van der Waals surface area contributed by atoms with Crippen LogP contribution < -0.4 is 5.32 Å². The second-order valence-electron chi connectivity index (χ2n) is 3.99. The first kappa shape index (κ1) is 11.4. The lowest BCUT2D eigenvalue weighted by Crippen LogP contribution is -2.27. The lowest BCUT2D eigenvalue weighted by atomic mass is 10.2. The van der Waals surface area contributed by atoms with E-state index >= 15 is 0 Å². The fourth-order valence-electron chi connectivity index (χ4n) is 0.986. The summed E-state index contributed by atoms with van der Waals surface area (Å²) in [6.45, 7) is 9.00. The van der Waals surface area contributed by atoms with Crippen molar-refractivity contribution in [2.75, 3.05) is 5.32 Å². The fraction of sp³-hybridized carbons (Fsp3) is 0.364. The standard InChI is InChI=1S/C11H14N2O2/c1-8-5-6-12-9(7-8)13-10(14)15-11(2,3)4/h5-7H,2H2,1,3-4H3/p+1. The van der Waals surface area contributed by atoms with Gasteiger partial charge < -0.3 is 4.74 Å². The molecule has 0 atom stereocenters. The third kappa shape index (κ3) is 4.35. The van der Waals surface area contributed by atoms with E-state index in [-0.39, 0.29) is 0 Å². The van der Waals surface area contributed by atoms with Gasteiger partial charge in [-0.2, -0.15) is 0 Å². The van der Waals surface area contributed by atoms with Gasteiger partial charge in [-0.1, -0.05) is 0 Å². The monoisotopic (exact) mass is 207 g/mol. The summed E-state index contributed by atoms with van der Waals surface area (Å²) in [5.74, 6) is 0.476. The second kappa shape index (κ2) is 4.21. The summed E-state index contributed by atoms with van der Waals surface area (Å²) in [6, 6.07) is 3.61. The smallest absolute Gasteiger partial charge is 0.402 e. The van der Waals surface area contributed by atoms with Crippen molar-refractivity contribution in [2.24, 2.45) is 0 Å². The summed E-state index contributed by atoms with van der Waals surface area (Å²) >= 11 is 0. The molecule has 4 nitrogen and oxygen atoms in total. The molecule has 0 aliphatic carbocycles. The quantitative estimate of drug-likeness (QED) is 0.758. The van der Waals surface area contributed by atoms with Gasteiger partial charge in [0.25, 0.3) is 0 Å². The highest BCUT2D eigenvalue weighted by Gasteiger charge is 2.23. The van der Waals surface area contributed by atoms with Crippen LogP contribution in [-0.2, 0) is 4.74 Å². The van der Waals surface area contributed by atoms with Crippen LogP contribution in [0.2, 0.25) is 0 Å². The number of carbonyl (C=O) groups excluding carboxylic acids is 1. The minimum absolute atomic E-state index is 0.476. The maximum Gasteiger partial charge on any atom is 0.416 e. The van der Waals surface area contributed by atoms with Gasteiger partial charge in [-0.25, -0.2) is 9.78 Å². The molecule has 0 aliphatic heterocycles. The number of anilines is 1. The van der Waals surface area contributed by atoms with Gasteiger partial charge in [0.2, 0.25) is 5.60 Å². The van der Waals surface area contributed by atoms with Gasteiger partial charge in [0.05, 0.1) is 0 Å². The number of nitrogens with zero attached hydrogens (tertiary/aromatic N) is 1. The van der Waals surface area contributed by atoms with E-state index in [2.05, 4.69) is 17.2 Å². The molecule has 0 saturated heterocycles. The van der Waals surface area contributed by atoms with Crippen LogP contribution in [0.4, 0.5) is 10.6 Å². The molecule has 1 aromatic rings. The molecular weight excluding hydrogens is 192 g/mol. The second-order valence-corrected chi connectivity index (χ2v) is 3.99. The van der Waals surface area contributed by atoms with E-state index in [1.54, 1.807) is 26.1 Å². The predicted molar refractivity (Wildman–Crippen MR) is 58.5 cm³/mol. The minimum atomic E-state index is -0.742. The van der Waals surface area contributed by atoms with Gasteiger partial charge in [0, 0.05) is 20.0 Å². The number of rotatable bonds is 2. The van der Waals surface area contributed by atoms with Crippen LogP contribution in [0, 0.1) is 13.8 Å². The summed E-state index contributed by atoms with van der Waals surface area (Å²) in [5, 5.41) is 2.53. The Morgan fingerprint density at radius 1 is 1.60 bits per heavy atom. The highest BCUT2D eigenvalue weighted by Crippen LogP contribution is 2.10. The van der Waals surface area contributed by atoms with Crippen molar-refractivity contribution in [3.8, 4) is 0 Å². The van der Waals surface area contributed by atoms with E-state index in [1.165, 1.54) is 0 Å². The zero-order valence-electron chi connectivity index (χ0n) is 9.20. The van der Waals surface area contributed by atoms with Crippen LogP contribution in [0.25, 0.3) is 0 Å². The molecule has 0 saturated carbocycles. The third-order valence-corrected chi connectivity index (χ3v) is 1.51. The van der Waals surface area contributed by atoms with Gasteiger partial charge in [-0.3, -0.25) is 5.32 Å². The van der Waals surface area contributed by atoms with Gasteiger partial charge in [0.1, 0.15) is 12.7 Å². The average Bonchev–Trinajstić information content (AvgIpc) is 1.99. The molecule has 1 rings (SSSR count). The molecule has 15 heavy (non-hydrogen) atoms. The Kier molecular flexibility index (Phi) is 3.19. The number of nitrogens with one attached hydrogen (secondary N) is 1. The zero-order chi connectivity index (χ0) is 11.5. The molecule has 1 N–H and O–H groups in total.